The van der Waals surface area contributed by atoms with Crippen LogP contribution in [0.1, 0.15) is 45.7 Å². The van der Waals surface area contributed by atoms with E-state index in [1.54, 1.807) is 20.0 Å². The molecule has 0 aliphatic rings. The van der Waals surface area contributed by atoms with Crippen LogP contribution in [0.25, 0.3) is 11.3 Å². The molecular weight excluding hydrogens is 366 g/mol. The Morgan fingerprint density at radius 1 is 1.30 bits per heavy atom. The lowest BCUT2D eigenvalue weighted by Crippen LogP contribution is -2.26. The number of carboxylic acids is 1. The second-order valence-electron chi connectivity index (χ2n) is 6.05. The van der Waals surface area contributed by atoms with Crippen molar-refractivity contribution in [3.05, 3.63) is 58.0 Å². The first-order valence-electron chi connectivity index (χ1n) is 8.44. The van der Waals surface area contributed by atoms with Crippen molar-refractivity contribution in [3.63, 3.8) is 0 Å². The number of hydrogen-bond acceptors (Lipinski definition) is 6. The van der Waals surface area contributed by atoms with Gasteiger partial charge in [0.25, 0.3) is 0 Å². The maximum Gasteiger partial charge on any atom is 0.347 e. The van der Waals surface area contributed by atoms with Gasteiger partial charge in [0.15, 0.2) is 11.7 Å². The molecule has 1 amide bonds. The highest BCUT2D eigenvalue weighted by atomic mass is 32.1. The molecule has 8 heteroatoms. The summed E-state index contributed by atoms with van der Waals surface area (Å²) in [6.45, 7) is 3.42. The third-order valence-electron chi connectivity index (χ3n) is 3.93. The molecule has 1 aromatic carbocycles. The van der Waals surface area contributed by atoms with Crippen molar-refractivity contribution in [1.29, 1.82) is 0 Å². The molecule has 140 valence electrons. The van der Waals surface area contributed by atoms with Crippen LogP contribution in [0.4, 0.5) is 0 Å². The van der Waals surface area contributed by atoms with Crippen LogP contribution in [0.15, 0.2) is 40.9 Å². The zero-order valence-electron chi connectivity index (χ0n) is 14.9. The fourth-order valence-electron chi connectivity index (χ4n) is 2.56. The largest absolute Gasteiger partial charge is 0.477 e. The Balaban J connectivity index is 1.55. The number of aromatic carboxylic acids is 1. The Kier molecular flexibility index (Phi) is 5.66. The van der Waals surface area contributed by atoms with E-state index in [0.29, 0.717) is 28.8 Å². The Labute approximate surface area is 160 Å². The van der Waals surface area contributed by atoms with Crippen molar-refractivity contribution in [1.82, 2.24) is 15.3 Å². The SMILES string of the molecule is Cc1nc(C(C)NC(=O)CCc2ncc(-c3ccccc3)o2)sc1C(=O)O. The third kappa shape index (κ3) is 4.59. The van der Waals surface area contributed by atoms with Crippen LogP contribution in [-0.4, -0.2) is 27.0 Å². The predicted molar refractivity (Wildman–Crippen MR) is 101 cm³/mol. The topological polar surface area (TPSA) is 105 Å². The van der Waals surface area contributed by atoms with Gasteiger partial charge >= 0.3 is 5.97 Å². The van der Waals surface area contributed by atoms with E-state index in [1.807, 2.05) is 30.3 Å². The first-order chi connectivity index (χ1) is 12.9. The minimum atomic E-state index is -1.01. The van der Waals surface area contributed by atoms with Gasteiger partial charge in [-0.2, -0.15) is 0 Å². The lowest BCUT2D eigenvalue weighted by atomic mass is 10.2. The summed E-state index contributed by atoms with van der Waals surface area (Å²) in [5, 5.41) is 12.5. The molecule has 1 atom stereocenters. The molecule has 3 aromatic rings. The lowest BCUT2D eigenvalue weighted by molar-refractivity contribution is -0.121. The van der Waals surface area contributed by atoms with Gasteiger partial charge in [0.05, 0.1) is 17.9 Å². The van der Waals surface area contributed by atoms with E-state index >= 15 is 0 Å². The first-order valence-corrected chi connectivity index (χ1v) is 9.26. The quantitative estimate of drug-likeness (QED) is 0.644. The van der Waals surface area contributed by atoms with E-state index in [-0.39, 0.29) is 23.2 Å². The highest BCUT2D eigenvalue weighted by Crippen LogP contribution is 2.24. The van der Waals surface area contributed by atoms with E-state index < -0.39 is 5.97 Å². The van der Waals surface area contributed by atoms with Crippen molar-refractivity contribution >= 4 is 23.2 Å². The number of carbonyl (C=O) groups excluding carboxylic acids is 1. The van der Waals surface area contributed by atoms with E-state index in [4.69, 9.17) is 9.52 Å². The van der Waals surface area contributed by atoms with Crippen LogP contribution >= 0.6 is 11.3 Å². The summed E-state index contributed by atoms with van der Waals surface area (Å²) in [5.74, 6) is -0.0201. The van der Waals surface area contributed by atoms with Crippen molar-refractivity contribution in [2.24, 2.45) is 0 Å². The fourth-order valence-corrected chi connectivity index (χ4v) is 3.47. The van der Waals surface area contributed by atoms with Crippen LogP contribution < -0.4 is 5.32 Å². The van der Waals surface area contributed by atoms with E-state index in [0.717, 1.165) is 16.9 Å². The van der Waals surface area contributed by atoms with Crippen LogP contribution in [0, 0.1) is 6.92 Å². The highest BCUT2D eigenvalue weighted by molar-refractivity contribution is 7.13. The molecule has 0 bridgehead atoms. The molecular formula is C19H19N3O4S. The van der Waals surface area contributed by atoms with Gasteiger partial charge in [-0.1, -0.05) is 30.3 Å². The number of oxazole rings is 1. The summed E-state index contributed by atoms with van der Waals surface area (Å²) in [7, 11) is 0. The number of aromatic nitrogens is 2. The number of carbonyl (C=O) groups is 2. The van der Waals surface area contributed by atoms with Gasteiger partial charge in [0.1, 0.15) is 9.88 Å². The fraction of sp³-hybridized carbons (Fsp3) is 0.263. The maximum atomic E-state index is 12.2. The molecule has 1 unspecified atom stereocenters. The van der Waals surface area contributed by atoms with Crippen LogP contribution in [-0.2, 0) is 11.2 Å². The molecule has 0 aliphatic heterocycles. The second-order valence-corrected chi connectivity index (χ2v) is 7.08. The molecule has 3 rings (SSSR count). The molecule has 0 aliphatic carbocycles. The van der Waals surface area contributed by atoms with Gasteiger partial charge < -0.3 is 14.8 Å². The highest BCUT2D eigenvalue weighted by Gasteiger charge is 2.19. The molecule has 0 saturated carbocycles. The van der Waals surface area contributed by atoms with Crippen molar-refractivity contribution < 1.29 is 19.1 Å². The summed E-state index contributed by atoms with van der Waals surface area (Å²) in [6.07, 6.45) is 2.24. The molecule has 2 N–H and O–H groups in total. The molecule has 7 nitrogen and oxygen atoms in total. The molecule has 0 saturated heterocycles. The zero-order valence-corrected chi connectivity index (χ0v) is 15.7. The number of carboxylic acid groups (broad SMARTS) is 1. The number of nitrogens with zero attached hydrogens (tertiary/aromatic N) is 2. The van der Waals surface area contributed by atoms with Gasteiger partial charge in [0, 0.05) is 18.4 Å². The van der Waals surface area contributed by atoms with Gasteiger partial charge in [-0.05, 0) is 13.8 Å². The number of hydrogen-bond donors (Lipinski definition) is 2. The summed E-state index contributed by atoms with van der Waals surface area (Å²) < 4.78 is 5.69. The Hall–Kier alpha value is -3.00. The average molecular weight is 385 g/mol. The monoisotopic (exact) mass is 385 g/mol. The van der Waals surface area contributed by atoms with Gasteiger partial charge in [0.2, 0.25) is 5.91 Å². The Morgan fingerprint density at radius 2 is 2.04 bits per heavy atom. The van der Waals surface area contributed by atoms with Gasteiger partial charge in [-0.3, -0.25) is 4.79 Å². The van der Waals surface area contributed by atoms with E-state index in [1.165, 1.54) is 0 Å². The Bertz CT molecular complexity index is 949. The van der Waals surface area contributed by atoms with Crippen LogP contribution in [0.2, 0.25) is 0 Å². The lowest BCUT2D eigenvalue weighted by Gasteiger charge is -2.10. The second kappa shape index (κ2) is 8.13. The molecule has 2 aromatic heterocycles. The first kappa shape index (κ1) is 18.8. The van der Waals surface area contributed by atoms with Gasteiger partial charge in [-0.15, -0.1) is 11.3 Å². The molecule has 0 radical (unpaired) electrons. The average Bonchev–Trinajstić information content (AvgIpc) is 3.27. The number of thiazole rings is 1. The van der Waals surface area contributed by atoms with Crippen molar-refractivity contribution in [3.8, 4) is 11.3 Å². The molecule has 27 heavy (non-hydrogen) atoms. The van der Waals surface area contributed by atoms with E-state index in [9.17, 15) is 9.59 Å². The van der Waals surface area contributed by atoms with Crippen molar-refractivity contribution in [2.75, 3.05) is 0 Å². The van der Waals surface area contributed by atoms with Crippen molar-refractivity contribution in [2.45, 2.75) is 32.7 Å². The summed E-state index contributed by atoms with van der Waals surface area (Å²) in [6, 6.07) is 9.26. The third-order valence-corrected chi connectivity index (χ3v) is 5.26. The van der Waals surface area contributed by atoms with Crippen LogP contribution in [0.5, 0.6) is 0 Å². The van der Waals surface area contributed by atoms with E-state index in [2.05, 4.69) is 15.3 Å². The maximum absolute atomic E-state index is 12.2. The standard InChI is InChI=1S/C19H19N3O4S/c1-11-17(19(24)25)27-18(22-11)12(2)21-15(23)8-9-16-20-10-14(26-16)13-6-4-3-5-7-13/h3-7,10,12H,8-9H2,1-2H3,(H,21,23)(H,24,25). The number of amides is 1. The molecule has 0 fully saturated rings. The Morgan fingerprint density at radius 3 is 2.70 bits per heavy atom. The predicted octanol–water partition coefficient (Wildman–Crippen LogP) is 3.61. The minimum Gasteiger partial charge on any atom is -0.477 e. The zero-order chi connectivity index (χ0) is 19.4. The number of nitrogens with one attached hydrogen (secondary N) is 1. The molecule has 2 heterocycles. The summed E-state index contributed by atoms with van der Waals surface area (Å²) in [5.41, 5.74) is 1.39. The van der Waals surface area contributed by atoms with Crippen LogP contribution in [0.3, 0.4) is 0 Å². The smallest absolute Gasteiger partial charge is 0.347 e. The minimum absolute atomic E-state index is 0.174. The van der Waals surface area contributed by atoms with Gasteiger partial charge in [-0.25, -0.2) is 14.8 Å². The number of aryl methyl sites for hydroxylation is 2. The molecule has 0 spiro atoms. The normalized spacial score (nSPS) is 11.9. The summed E-state index contributed by atoms with van der Waals surface area (Å²) in [4.78, 5) is 31.9. The summed E-state index contributed by atoms with van der Waals surface area (Å²) >= 11 is 1.08. The number of benzene rings is 1. The number of rotatable bonds is 7.